The molecule has 19 heavy (non-hydrogen) atoms. The van der Waals surface area contributed by atoms with Gasteiger partial charge in [-0.25, -0.2) is 0 Å². The number of halogens is 1. The average Bonchev–Trinajstić information content (AvgIpc) is 2.24. The van der Waals surface area contributed by atoms with Crippen LogP contribution < -0.4 is 5.73 Å². The lowest BCUT2D eigenvalue weighted by molar-refractivity contribution is 0.238. The number of nitrogens with two attached hydrogens (primary N) is 1. The molecular weight excluding hydrogens is 274 g/mol. The molecule has 108 valence electrons. The van der Waals surface area contributed by atoms with Crippen LogP contribution in [0.3, 0.4) is 0 Å². The van der Waals surface area contributed by atoms with Gasteiger partial charge in [-0.2, -0.15) is 0 Å². The van der Waals surface area contributed by atoms with Crippen molar-refractivity contribution in [3.8, 4) is 0 Å². The standard InChI is InChI=1S/C15H26ClNOSi/c1-10-7-12(16)11(8-13(10)17)9-14(18)19(5,6)15(2,3)4/h7-8,14,18H,9,17H2,1-6H3. The zero-order chi connectivity index (χ0) is 15.0. The van der Waals surface area contributed by atoms with Gasteiger partial charge in [0.05, 0.1) is 8.07 Å². The molecule has 0 aliphatic rings. The average molecular weight is 300 g/mol. The first kappa shape index (κ1) is 16.5. The van der Waals surface area contributed by atoms with Gasteiger partial charge in [-0.15, -0.1) is 0 Å². The molecule has 1 unspecified atom stereocenters. The van der Waals surface area contributed by atoms with E-state index >= 15 is 0 Å². The first-order chi connectivity index (χ1) is 8.46. The van der Waals surface area contributed by atoms with Gasteiger partial charge in [-0.3, -0.25) is 0 Å². The molecule has 0 bridgehead atoms. The van der Waals surface area contributed by atoms with E-state index in [0.717, 1.165) is 16.8 Å². The van der Waals surface area contributed by atoms with Crippen LogP contribution in [0.15, 0.2) is 12.1 Å². The van der Waals surface area contributed by atoms with E-state index in [1.165, 1.54) is 0 Å². The topological polar surface area (TPSA) is 46.2 Å². The maximum Gasteiger partial charge on any atom is 0.0869 e. The number of nitrogen functional groups attached to an aromatic ring is 1. The minimum absolute atomic E-state index is 0.148. The second kappa shape index (κ2) is 5.47. The van der Waals surface area contributed by atoms with Crippen LogP contribution in [-0.4, -0.2) is 18.9 Å². The highest BCUT2D eigenvalue weighted by atomic mass is 35.5. The lowest BCUT2D eigenvalue weighted by Gasteiger charge is -2.40. The van der Waals surface area contributed by atoms with Gasteiger partial charge in [-0.1, -0.05) is 45.5 Å². The summed E-state index contributed by atoms with van der Waals surface area (Å²) in [4.78, 5) is 0. The van der Waals surface area contributed by atoms with Gasteiger partial charge < -0.3 is 10.8 Å². The SMILES string of the molecule is Cc1cc(Cl)c(CC(O)[Si](C)(C)C(C)(C)C)cc1N. The van der Waals surface area contributed by atoms with E-state index < -0.39 is 8.07 Å². The highest BCUT2D eigenvalue weighted by Gasteiger charge is 2.41. The number of anilines is 1. The van der Waals surface area contributed by atoms with E-state index in [2.05, 4.69) is 33.9 Å². The summed E-state index contributed by atoms with van der Waals surface area (Å²) in [5.74, 6) is 0. The van der Waals surface area contributed by atoms with Crippen LogP contribution in [0.5, 0.6) is 0 Å². The maximum absolute atomic E-state index is 10.6. The Morgan fingerprint density at radius 3 is 2.32 bits per heavy atom. The molecule has 0 saturated heterocycles. The molecule has 4 heteroatoms. The van der Waals surface area contributed by atoms with Gasteiger partial charge in [0.1, 0.15) is 0 Å². The third-order valence-electron chi connectivity index (χ3n) is 4.61. The summed E-state index contributed by atoms with van der Waals surface area (Å²) in [7, 11) is -1.79. The number of aliphatic hydroxyl groups is 1. The van der Waals surface area contributed by atoms with Crippen molar-refractivity contribution in [2.24, 2.45) is 0 Å². The van der Waals surface area contributed by atoms with Crippen LogP contribution in [-0.2, 0) is 6.42 Å². The van der Waals surface area contributed by atoms with E-state index in [-0.39, 0.29) is 10.8 Å². The molecule has 3 N–H and O–H groups in total. The smallest absolute Gasteiger partial charge is 0.0869 e. The minimum atomic E-state index is -1.79. The molecule has 2 nitrogen and oxygen atoms in total. The van der Waals surface area contributed by atoms with Crippen LogP contribution in [0.25, 0.3) is 0 Å². The van der Waals surface area contributed by atoms with Gasteiger partial charge in [0.25, 0.3) is 0 Å². The summed E-state index contributed by atoms with van der Waals surface area (Å²) < 4.78 is 0. The largest absolute Gasteiger partial charge is 0.399 e. The molecule has 0 spiro atoms. The molecule has 0 amide bonds. The Hall–Kier alpha value is -0.513. The summed E-state index contributed by atoms with van der Waals surface area (Å²) in [6.07, 6.45) is 0.583. The van der Waals surface area contributed by atoms with Crippen LogP contribution >= 0.6 is 11.6 Å². The fourth-order valence-electron chi connectivity index (χ4n) is 1.86. The summed E-state index contributed by atoms with van der Waals surface area (Å²) in [6.45, 7) is 13.0. The Morgan fingerprint density at radius 2 is 1.84 bits per heavy atom. The highest BCUT2D eigenvalue weighted by Crippen LogP contribution is 2.39. The lowest BCUT2D eigenvalue weighted by Crippen LogP contribution is -2.50. The second-order valence-corrected chi connectivity index (χ2v) is 13.0. The van der Waals surface area contributed by atoms with Crippen LogP contribution in [0.2, 0.25) is 23.2 Å². The zero-order valence-electron chi connectivity index (χ0n) is 12.8. The van der Waals surface area contributed by atoms with E-state index in [1.807, 2.05) is 19.1 Å². The number of hydrogen-bond donors (Lipinski definition) is 2. The Bertz CT molecular complexity index is 466. The van der Waals surface area contributed by atoms with Gasteiger partial charge in [-0.05, 0) is 41.6 Å². The fourth-order valence-corrected chi connectivity index (χ4v) is 3.88. The van der Waals surface area contributed by atoms with Gasteiger partial charge in [0.2, 0.25) is 0 Å². The van der Waals surface area contributed by atoms with Gasteiger partial charge in [0, 0.05) is 16.4 Å². The van der Waals surface area contributed by atoms with Crippen molar-refractivity contribution in [1.82, 2.24) is 0 Å². The lowest BCUT2D eigenvalue weighted by atomic mass is 10.1. The van der Waals surface area contributed by atoms with Crippen molar-refractivity contribution in [2.45, 2.75) is 58.0 Å². The van der Waals surface area contributed by atoms with Crippen LogP contribution in [0.4, 0.5) is 5.69 Å². The molecule has 1 aromatic carbocycles. The third kappa shape index (κ3) is 3.53. The Kier molecular flexibility index (Phi) is 4.76. The van der Waals surface area contributed by atoms with Crippen LogP contribution in [0, 0.1) is 6.92 Å². The zero-order valence-corrected chi connectivity index (χ0v) is 14.6. The Labute approximate surface area is 123 Å². The first-order valence-corrected chi connectivity index (χ1v) is 10.1. The first-order valence-electron chi connectivity index (χ1n) is 6.69. The molecule has 0 aromatic heterocycles. The number of aryl methyl sites for hydroxylation is 1. The maximum atomic E-state index is 10.6. The van der Waals surface area contributed by atoms with Crippen molar-refractivity contribution >= 4 is 25.4 Å². The minimum Gasteiger partial charge on any atom is -0.399 e. The van der Waals surface area contributed by atoms with E-state index in [0.29, 0.717) is 11.4 Å². The monoisotopic (exact) mass is 299 g/mol. The Morgan fingerprint density at radius 1 is 1.32 bits per heavy atom. The molecule has 0 aliphatic carbocycles. The number of rotatable bonds is 3. The third-order valence-corrected chi connectivity index (χ3v) is 10.7. The number of aliphatic hydroxyl groups excluding tert-OH is 1. The van der Waals surface area contributed by atoms with E-state index in [9.17, 15) is 5.11 Å². The summed E-state index contributed by atoms with van der Waals surface area (Å²) >= 11 is 6.26. The van der Waals surface area contributed by atoms with Crippen molar-refractivity contribution in [2.75, 3.05) is 5.73 Å². The number of hydrogen-bond acceptors (Lipinski definition) is 2. The Balaban J connectivity index is 3.01. The molecular formula is C15H26ClNOSi. The molecule has 0 fully saturated rings. The molecule has 0 saturated carbocycles. The molecule has 1 rings (SSSR count). The highest BCUT2D eigenvalue weighted by molar-refractivity contribution is 6.81. The summed E-state index contributed by atoms with van der Waals surface area (Å²) in [6, 6.07) is 3.78. The van der Waals surface area contributed by atoms with Crippen molar-refractivity contribution in [1.29, 1.82) is 0 Å². The van der Waals surface area contributed by atoms with E-state index in [4.69, 9.17) is 17.3 Å². The predicted molar refractivity (Wildman–Crippen MR) is 87.5 cm³/mol. The van der Waals surface area contributed by atoms with Crippen molar-refractivity contribution in [3.63, 3.8) is 0 Å². The van der Waals surface area contributed by atoms with Crippen molar-refractivity contribution in [3.05, 3.63) is 28.3 Å². The summed E-state index contributed by atoms with van der Waals surface area (Å²) in [5.41, 5.74) is 8.27. The molecule has 0 radical (unpaired) electrons. The molecule has 0 aliphatic heterocycles. The molecule has 1 aromatic rings. The fraction of sp³-hybridized carbons (Fsp3) is 0.600. The summed E-state index contributed by atoms with van der Waals surface area (Å²) in [5, 5.41) is 11.5. The molecule has 0 heterocycles. The molecule has 1 atom stereocenters. The predicted octanol–water partition coefficient (Wildman–Crippen LogP) is 4.18. The normalized spacial score (nSPS) is 14.5. The number of benzene rings is 1. The van der Waals surface area contributed by atoms with Gasteiger partial charge >= 0.3 is 0 Å². The van der Waals surface area contributed by atoms with Gasteiger partial charge in [0.15, 0.2) is 0 Å². The van der Waals surface area contributed by atoms with E-state index in [1.54, 1.807) is 0 Å². The quantitative estimate of drug-likeness (QED) is 0.649. The van der Waals surface area contributed by atoms with Crippen molar-refractivity contribution < 1.29 is 5.11 Å². The second-order valence-electron chi connectivity index (χ2n) is 6.99. The van der Waals surface area contributed by atoms with Crippen LogP contribution in [0.1, 0.15) is 31.9 Å².